The number of benzene rings is 2. The van der Waals surface area contributed by atoms with Crippen molar-refractivity contribution in [2.45, 2.75) is 13.3 Å². The maximum absolute atomic E-state index is 12.7. The third-order valence-corrected chi connectivity index (χ3v) is 7.18. The van der Waals surface area contributed by atoms with Crippen LogP contribution in [0.15, 0.2) is 48.5 Å². The summed E-state index contributed by atoms with van der Waals surface area (Å²) in [6.07, 6.45) is 0.0345. The Hall–Kier alpha value is -3.41. The third kappa shape index (κ3) is 11.0. The first kappa shape index (κ1) is 32.8. The van der Waals surface area contributed by atoms with E-state index in [2.05, 4.69) is 0 Å². The maximum atomic E-state index is 12.7. The number of Topliss-reactive ketones (excluding diaryl/α,β-unsaturated/α-hetero) is 1. The smallest absolute Gasteiger partial charge is 0.338 e. The van der Waals surface area contributed by atoms with Crippen LogP contribution in [-0.2, 0) is 32.6 Å². The number of carbonyl (C=O) groups excluding carboxylic acids is 4. The second-order valence-corrected chi connectivity index (χ2v) is 10.4. The minimum Gasteiger partial charge on any atom is -0.460 e. The highest BCUT2D eigenvalue weighted by molar-refractivity contribution is 7.53. The van der Waals surface area contributed by atoms with E-state index < -0.39 is 25.5 Å². The topological polar surface area (TPSA) is 161 Å². The minimum atomic E-state index is -3.52. The molecule has 40 heavy (non-hydrogen) atoms. The Morgan fingerprint density at radius 3 is 1.38 bits per heavy atom. The Morgan fingerprint density at radius 1 is 0.650 bits per heavy atom. The van der Waals surface area contributed by atoms with Crippen molar-refractivity contribution in [1.29, 1.82) is 0 Å². The fourth-order valence-electron chi connectivity index (χ4n) is 3.09. The molecular formula is C27H33O12P. The molecule has 0 fully saturated rings. The number of hydrogen-bond acceptors (Lipinski definition) is 12. The summed E-state index contributed by atoms with van der Waals surface area (Å²) in [6, 6.07) is 11.5. The Balaban J connectivity index is 1.70. The molecule has 0 amide bonds. The van der Waals surface area contributed by atoms with Crippen molar-refractivity contribution in [2.24, 2.45) is 0 Å². The van der Waals surface area contributed by atoms with E-state index in [0.29, 0.717) is 5.56 Å². The van der Waals surface area contributed by atoms with Crippen molar-refractivity contribution in [1.82, 2.24) is 0 Å². The summed E-state index contributed by atoms with van der Waals surface area (Å²) >= 11 is 0. The molecule has 1 unspecified atom stereocenters. The lowest BCUT2D eigenvalue weighted by atomic mass is 10.1. The zero-order valence-electron chi connectivity index (χ0n) is 22.4. The van der Waals surface area contributed by atoms with Crippen LogP contribution >= 0.6 is 7.60 Å². The molecule has 0 spiro atoms. The summed E-state index contributed by atoms with van der Waals surface area (Å²) in [6.45, 7) is 0.953. The Bertz CT molecular complexity index is 1160. The number of hydrogen-bond donors (Lipinski definition) is 1. The number of ether oxygens (including phenoxy) is 4. The van der Waals surface area contributed by atoms with E-state index >= 15 is 0 Å². The largest absolute Gasteiger partial charge is 0.460 e. The lowest BCUT2D eigenvalue weighted by molar-refractivity contribution is 0.0380. The van der Waals surface area contributed by atoms with Gasteiger partial charge in [0.15, 0.2) is 5.78 Å². The molecule has 2 rings (SSSR count). The van der Waals surface area contributed by atoms with Gasteiger partial charge >= 0.3 is 25.5 Å². The van der Waals surface area contributed by atoms with Gasteiger partial charge in [-0.05, 0) is 36.4 Å². The highest BCUT2D eigenvalue weighted by Crippen LogP contribution is 2.47. The first-order valence-corrected chi connectivity index (χ1v) is 14.2. The van der Waals surface area contributed by atoms with Crippen LogP contribution in [0.25, 0.3) is 0 Å². The summed E-state index contributed by atoms with van der Waals surface area (Å²) in [5.74, 6) is -2.10. The third-order valence-electron chi connectivity index (χ3n) is 5.25. The van der Waals surface area contributed by atoms with Gasteiger partial charge in [-0.15, -0.1) is 0 Å². The van der Waals surface area contributed by atoms with E-state index in [1.54, 1.807) is 6.92 Å². The number of aliphatic hydroxyl groups is 1. The molecule has 0 bridgehead atoms. The number of carbonyl (C=O) groups is 4. The van der Waals surface area contributed by atoms with E-state index in [1.807, 2.05) is 0 Å². The number of ketones is 1. The lowest BCUT2D eigenvalue weighted by Gasteiger charge is -2.17. The number of esters is 3. The van der Waals surface area contributed by atoms with Gasteiger partial charge < -0.3 is 33.1 Å². The van der Waals surface area contributed by atoms with Gasteiger partial charge in [0.05, 0.1) is 43.1 Å². The molecule has 0 aliphatic heterocycles. The van der Waals surface area contributed by atoms with E-state index in [0.717, 1.165) is 0 Å². The van der Waals surface area contributed by atoms with Gasteiger partial charge in [-0.2, -0.15) is 0 Å². The van der Waals surface area contributed by atoms with Gasteiger partial charge in [-0.3, -0.25) is 9.36 Å². The van der Waals surface area contributed by atoms with Crippen molar-refractivity contribution >= 4 is 31.3 Å². The van der Waals surface area contributed by atoms with E-state index in [4.69, 9.17) is 33.1 Å². The molecule has 0 aromatic heterocycles. The van der Waals surface area contributed by atoms with Gasteiger partial charge in [0.25, 0.3) is 0 Å². The molecule has 218 valence electrons. The van der Waals surface area contributed by atoms with Crippen LogP contribution in [0, 0.1) is 0 Å². The predicted molar refractivity (Wildman–Crippen MR) is 142 cm³/mol. The average Bonchev–Trinajstić information content (AvgIpc) is 2.97. The summed E-state index contributed by atoms with van der Waals surface area (Å²) < 4.78 is 43.4. The quantitative estimate of drug-likeness (QED) is 0.0902. The molecule has 0 aliphatic rings. The molecular weight excluding hydrogens is 547 g/mol. The fourth-order valence-corrected chi connectivity index (χ4v) is 4.23. The molecule has 13 heteroatoms. The SMILES string of the molecule is CCP(=O)(OCCOC(=O)c1ccc(C(=O)CCO)cc1)OCCOC(=O)c1ccc(C(=O)OCCOC)cc1. The molecule has 1 atom stereocenters. The number of aliphatic hydroxyl groups excluding tert-OH is 1. The van der Waals surface area contributed by atoms with Crippen molar-refractivity contribution in [3.05, 3.63) is 70.8 Å². The normalized spacial score (nSPS) is 12.3. The van der Waals surface area contributed by atoms with Crippen molar-refractivity contribution in [2.75, 3.05) is 59.5 Å². The molecule has 2 aromatic rings. The van der Waals surface area contributed by atoms with Crippen LogP contribution in [-0.4, -0.2) is 88.3 Å². The highest BCUT2D eigenvalue weighted by Gasteiger charge is 2.22. The zero-order valence-corrected chi connectivity index (χ0v) is 23.3. The van der Waals surface area contributed by atoms with Crippen LogP contribution in [0.4, 0.5) is 0 Å². The number of rotatable bonds is 18. The van der Waals surface area contributed by atoms with Crippen molar-refractivity contribution in [3.8, 4) is 0 Å². The summed E-state index contributed by atoms with van der Waals surface area (Å²) in [7, 11) is -2.03. The van der Waals surface area contributed by atoms with Gasteiger partial charge in [-0.25, -0.2) is 14.4 Å². The second-order valence-electron chi connectivity index (χ2n) is 8.05. The van der Waals surface area contributed by atoms with Crippen LogP contribution in [0.1, 0.15) is 54.8 Å². The van der Waals surface area contributed by atoms with Crippen LogP contribution in [0.2, 0.25) is 0 Å². The monoisotopic (exact) mass is 580 g/mol. The molecule has 0 aliphatic carbocycles. The van der Waals surface area contributed by atoms with Crippen LogP contribution in [0.3, 0.4) is 0 Å². The second kappa shape index (κ2) is 17.3. The molecule has 0 saturated carbocycles. The standard InChI is InChI=1S/C27H33O12P/c1-3-40(33,38-18-16-36-26(31)21-6-4-20(5-7-21)24(29)12-13-28)39-19-17-37-27(32)23-10-8-22(9-11-23)25(30)35-15-14-34-2/h4-11,28H,3,12-19H2,1-2H3. The first-order valence-electron chi connectivity index (χ1n) is 12.5. The van der Waals surface area contributed by atoms with Gasteiger partial charge in [0.1, 0.15) is 19.8 Å². The van der Waals surface area contributed by atoms with Gasteiger partial charge in [0, 0.05) is 25.3 Å². The van der Waals surface area contributed by atoms with Crippen molar-refractivity contribution < 1.29 is 56.8 Å². The minimum absolute atomic E-state index is 0.00734. The van der Waals surface area contributed by atoms with Crippen molar-refractivity contribution in [3.63, 3.8) is 0 Å². The van der Waals surface area contributed by atoms with E-state index in [1.165, 1.54) is 55.6 Å². The van der Waals surface area contributed by atoms with Gasteiger partial charge in [0.2, 0.25) is 0 Å². The molecule has 12 nitrogen and oxygen atoms in total. The fraction of sp³-hybridized carbons (Fsp3) is 0.407. The summed E-state index contributed by atoms with van der Waals surface area (Å²) in [5, 5.41) is 8.84. The Labute approximate surface area is 232 Å². The number of methoxy groups -OCH3 is 1. The molecule has 0 heterocycles. The molecule has 0 saturated heterocycles. The maximum Gasteiger partial charge on any atom is 0.338 e. The van der Waals surface area contributed by atoms with Crippen LogP contribution < -0.4 is 0 Å². The summed E-state index contributed by atoms with van der Waals surface area (Å²) in [4.78, 5) is 48.0. The van der Waals surface area contributed by atoms with Crippen LogP contribution in [0.5, 0.6) is 0 Å². The highest BCUT2D eigenvalue weighted by atomic mass is 31.2. The van der Waals surface area contributed by atoms with E-state index in [-0.39, 0.29) is 81.3 Å². The Morgan fingerprint density at radius 2 is 1.02 bits per heavy atom. The first-order chi connectivity index (χ1) is 19.2. The zero-order chi connectivity index (χ0) is 29.4. The molecule has 2 aromatic carbocycles. The molecule has 1 N–H and O–H groups in total. The molecule has 0 radical (unpaired) electrons. The lowest BCUT2D eigenvalue weighted by Crippen LogP contribution is -2.14. The predicted octanol–water partition coefficient (Wildman–Crippen LogP) is 3.31. The Kier molecular flexibility index (Phi) is 14.2. The average molecular weight is 581 g/mol. The van der Waals surface area contributed by atoms with Gasteiger partial charge in [-0.1, -0.05) is 19.1 Å². The summed E-state index contributed by atoms with van der Waals surface area (Å²) in [5.41, 5.74) is 1.06. The van der Waals surface area contributed by atoms with E-state index in [9.17, 15) is 23.7 Å².